The van der Waals surface area contributed by atoms with Gasteiger partial charge in [-0.1, -0.05) is 30.0 Å². The Morgan fingerprint density at radius 3 is 2.35 bits per heavy atom. The average Bonchev–Trinajstić information content (AvgIpc) is 2.49. The molecule has 3 nitrogen and oxygen atoms in total. The molecule has 0 unspecified atom stereocenters. The molecule has 0 saturated carbocycles. The number of terminal acetylenes is 2. The van der Waals surface area contributed by atoms with E-state index in [0.717, 1.165) is 0 Å². The molecule has 0 aliphatic heterocycles. The molecular formula is C17H11NO2. The summed E-state index contributed by atoms with van der Waals surface area (Å²) in [5.74, 6) is 4.17. The lowest BCUT2D eigenvalue weighted by molar-refractivity contribution is 0.102. The number of phenolic OH excluding ortho intramolecular Hbond substituents is 1. The van der Waals surface area contributed by atoms with Gasteiger partial charge in [0.1, 0.15) is 0 Å². The zero-order chi connectivity index (χ0) is 14.5. The number of rotatable bonds is 2. The van der Waals surface area contributed by atoms with Crippen molar-refractivity contribution in [2.24, 2.45) is 0 Å². The summed E-state index contributed by atoms with van der Waals surface area (Å²) in [6.07, 6.45) is 10.6. The van der Waals surface area contributed by atoms with E-state index >= 15 is 0 Å². The third-order valence-corrected chi connectivity index (χ3v) is 2.76. The molecule has 0 spiro atoms. The molecule has 3 heteroatoms. The lowest BCUT2D eigenvalue weighted by atomic mass is 10.1. The Morgan fingerprint density at radius 1 is 1.05 bits per heavy atom. The lowest BCUT2D eigenvalue weighted by Crippen LogP contribution is -2.12. The summed E-state index contributed by atoms with van der Waals surface area (Å²) in [6, 6.07) is 11.8. The predicted molar refractivity (Wildman–Crippen MR) is 78.4 cm³/mol. The van der Waals surface area contributed by atoms with E-state index in [1.54, 1.807) is 30.3 Å². The molecule has 0 aliphatic carbocycles. The number of benzene rings is 2. The highest BCUT2D eigenvalue weighted by Gasteiger charge is 2.13. The first-order valence-corrected chi connectivity index (χ1v) is 5.83. The molecule has 0 aliphatic rings. The Balaban J connectivity index is 2.35. The van der Waals surface area contributed by atoms with Gasteiger partial charge in [0.2, 0.25) is 0 Å². The maximum absolute atomic E-state index is 12.0. The number of carbonyl (C=O) groups excluding carboxylic acids is 1. The van der Waals surface area contributed by atoms with Gasteiger partial charge in [0.15, 0.2) is 5.75 Å². The van der Waals surface area contributed by atoms with Gasteiger partial charge in [-0.2, -0.15) is 0 Å². The highest BCUT2D eigenvalue weighted by molar-refractivity contribution is 6.05. The van der Waals surface area contributed by atoms with Crippen LogP contribution in [0.3, 0.4) is 0 Å². The van der Waals surface area contributed by atoms with Crippen LogP contribution in [0.5, 0.6) is 5.75 Å². The van der Waals surface area contributed by atoms with Gasteiger partial charge < -0.3 is 10.4 Å². The first-order chi connectivity index (χ1) is 9.67. The molecule has 96 valence electrons. The minimum atomic E-state index is -0.336. The summed E-state index contributed by atoms with van der Waals surface area (Å²) >= 11 is 0. The SMILES string of the molecule is C#Cc1ccc(NC(=O)c2ccccc2)c(O)c1C#C. The highest BCUT2D eigenvalue weighted by atomic mass is 16.3. The van der Waals surface area contributed by atoms with E-state index in [1.807, 2.05) is 6.07 Å². The quantitative estimate of drug-likeness (QED) is 0.645. The molecular weight excluding hydrogens is 250 g/mol. The summed E-state index contributed by atoms with van der Waals surface area (Å²) in [4.78, 5) is 12.0. The largest absolute Gasteiger partial charge is 0.504 e. The van der Waals surface area contributed by atoms with Crippen LogP contribution in [0.25, 0.3) is 0 Å². The first kappa shape index (κ1) is 13.3. The van der Waals surface area contributed by atoms with E-state index in [0.29, 0.717) is 11.1 Å². The molecule has 1 amide bonds. The van der Waals surface area contributed by atoms with Crippen molar-refractivity contribution in [1.82, 2.24) is 0 Å². The fraction of sp³-hybridized carbons (Fsp3) is 0. The Bertz CT molecular complexity index is 734. The molecule has 0 fully saturated rings. The van der Waals surface area contributed by atoms with Gasteiger partial charge in [0.25, 0.3) is 5.91 Å². The molecule has 0 bridgehead atoms. The van der Waals surface area contributed by atoms with Gasteiger partial charge in [0, 0.05) is 11.1 Å². The third kappa shape index (κ3) is 2.48. The third-order valence-electron chi connectivity index (χ3n) is 2.76. The number of nitrogens with one attached hydrogen (secondary N) is 1. The van der Waals surface area contributed by atoms with Crippen molar-refractivity contribution in [1.29, 1.82) is 0 Å². The summed E-state index contributed by atoms with van der Waals surface area (Å²) in [6.45, 7) is 0. The standard InChI is InChI=1S/C17H11NO2/c1-3-12-10-11-15(16(19)14(12)4-2)18-17(20)13-8-6-5-7-9-13/h1-2,5-11,19H,(H,18,20). The lowest BCUT2D eigenvalue weighted by Gasteiger charge is -2.10. The number of carbonyl (C=O) groups is 1. The fourth-order valence-electron chi connectivity index (χ4n) is 1.74. The van der Waals surface area contributed by atoms with E-state index < -0.39 is 0 Å². The Morgan fingerprint density at radius 2 is 1.75 bits per heavy atom. The van der Waals surface area contributed by atoms with Crippen LogP contribution in [0.1, 0.15) is 21.5 Å². The summed E-state index contributed by atoms with van der Waals surface area (Å²) in [5.41, 5.74) is 1.31. The van der Waals surface area contributed by atoms with Crippen LogP contribution >= 0.6 is 0 Å². The molecule has 0 atom stereocenters. The van der Waals surface area contributed by atoms with Crippen molar-refractivity contribution in [3.8, 4) is 30.4 Å². The number of phenols is 1. The van der Waals surface area contributed by atoms with Crippen molar-refractivity contribution in [3.63, 3.8) is 0 Å². The second kappa shape index (κ2) is 5.65. The van der Waals surface area contributed by atoms with Crippen molar-refractivity contribution >= 4 is 11.6 Å². The van der Waals surface area contributed by atoms with Crippen molar-refractivity contribution in [3.05, 3.63) is 59.2 Å². The maximum Gasteiger partial charge on any atom is 0.255 e. The molecule has 0 aromatic heterocycles. The zero-order valence-corrected chi connectivity index (χ0v) is 10.6. The topological polar surface area (TPSA) is 49.3 Å². The van der Waals surface area contributed by atoms with Crippen LogP contribution in [0.15, 0.2) is 42.5 Å². The molecule has 0 saturated heterocycles. The molecule has 2 N–H and O–H groups in total. The summed E-state index contributed by atoms with van der Waals surface area (Å²) in [5, 5.41) is 12.6. The smallest absolute Gasteiger partial charge is 0.255 e. The second-order valence-corrected chi connectivity index (χ2v) is 3.99. The zero-order valence-electron chi connectivity index (χ0n) is 10.6. The second-order valence-electron chi connectivity index (χ2n) is 3.99. The van der Waals surface area contributed by atoms with Crippen LogP contribution in [0.2, 0.25) is 0 Å². The molecule has 2 rings (SSSR count). The molecule has 2 aromatic rings. The van der Waals surface area contributed by atoms with Crippen molar-refractivity contribution < 1.29 is 9.90 Å². The van der Waals surface area contributed by atoms with E-state index in [-0.39, 0.29) is 22.9 Å². The van der Waals surface area contributed by atoms with Crippen LogP contribution < -0.4 is 5.32 Å². The normalized spacial score (nSPS) is 9.30. The van der Waals surface area contributed by atoms with Crippen LogP contribution in [0, 0.1) is 24.7 Å². The number of aromatic hydroxyl groups is 1. The van der Waals surface area contributed by atoms with E-state index in [1.165, 1.54) is 6.07 Å². The van der Waals surface area contributed by atoms with Gasteiger partial charge in [0.05, 0.1) is 11.3 Å². The van der Waals surface area contributed by atoms with Crippen LogP contribution in [-0.2, 0) is 0 Å². The molecule has 20 heavy (non-hydrogen) atoms. The monoisotopic (exact) mass is 261 g/mol. The van der Waals surface area contributed by atoms with Crippen LogP contribution in [0.4, 0.5) is 5.69 Å². The maximum atomic E-state index is 12.0. The number of amides is 1. The number of anilines is 1. The van der Waals surface area contributed by atoms with Gasteiger partial charge in [-0.25, -0.2) is 0 Å². The van der Waals surface area contributed by atoms with Gasteiger partial charge in [-0.05, 0) is 24.3 Å². The highest BCUT2D eigenvalue weighted by Crippen LogP contribution is 2.29. The van der Waals surface area contributed by atoms with Crippen LogP contribution in [-0.4, -0.2) is 11.0 Å². The first-order valence-electron chi connectivity index (χ1n) is 5.83. The van der Waals surface area contributed by atoms with Gasteiger partial charge in [-0.15, -0.1) is 12.8 Å². The van der Waals surface area contributed by atoms with Crippen molar-refractivity contribution in [2.75, 3.05) is 5.32 Å². The van der Waals surface area contributed by atoms with E-state index in [2.05, 4.69) is 17.2 Å². The predicted octanol–water partition coefficient (Wildman–Crippen LogP) is 2.61. The van der Waals surface area contributed by atoms with Gasteiger partial charge in [-0.3, -0.25) is 4.79 Å². The van der Waals surface area contributed by atoms with E-state index in [9.17, 15) is 9.90 Å². The minimum Gasteiger partial charge on any atom is -0.504 e. The molecule has 2 aromatic carbocycles. The van der Waals surface area contributed by atoms with E-state index in [4.69, 9.17) is 12.8 Å². The Kier molecular flexibility index (Phi) is 3.75. The van der Waals surface area contributed by atoms with Gasteiger partial charge >= 0.3 is 0 Å². The molecule has 0 heterocycles. The minimum absolute atomic E-state index is 0.193. The van der Waals surface area contributed by atoms with Crippen molar-refractivity contribution in [2.45, 2.75) is 0 Å². The Labute approximate surface area is 117 Å². The Hall–Kier alpha value is -3.17. The number of hydrogen-bond acceptors (Lipinski definition) is 2. The fourth-order valence-corrected chi connectivity index (χ4v) is 1.74. The summed E-state index contributed by atoms with van der Waals surface area (Å²) < 4.78 is 0. The summed E-state index contributed by atoms with van der Waals surface area (Å²) in [7, 11) is 0. The number of hydrogen-bond donors (Lipinski definition) is 2. The average molecular weight is 261 g/mol. The molecule has 0 radical (unpaired) electrons.